The maximum atomic E-state index is 12.5. The van der Waals surface area contributed by atoms with Crippen LogP contribution in [0.2, 0.25) is 0 Å². The maximum absolute atomic E-state index is 12.5. The summed E-state index contributed by atoms with van der Waals surface area (Å²) in [5.41, 5.74) is 0.475. The van der Waals surface area contributed by atoms with Crippen molar-refractivity contribution in [3.05, 3.63) is 90.9 Å². The highest BCUT2D eigenvalue weighted by atomic mass is 16.2. The molecule has 2 rings (SSSR count). The van der Waals surface area contributed by atoms with Gasteiger partial charge in [0.1, 0.15) is 0 Å². The van der Waals surface area contributed by atoms with E-state index in [0.29, 0.717) is 38.2 Å². The third-order valence-electron chi connectivity index (χ3n) is 6.45. The van der Waals surface area contributed by atoms with Gasteiger partial charge in [0.25, 0.3) is 5.91 Å². The van der Waals surface area contributed by atoms with Crippen molar-refractivity contribution in [1.82, 2.24) is 20.1 Å². The number of piperazine rings is 1. The van der Waals surface area contributed by atoms with Crippen molar-refractivity contribution in [2.45, 2.75) is 64.7 Å². The van der Waals surface area contributed by atoms with Crippen LogP contribution in [0.25, 0.3) is 0 Å². The van der Waals surface area contributed by atoms with Crippen molar-refractivity contribution < 1.29 is 14.4 Å². The molecule has 1 aromatic heterocycles. The van der Waals surface area contributed by atoms with Crippen LogP contribution in [-0.4, -0.2) is 65.2 Å². The van der Waals surface area contributed by atoms with Gasteiger partial charge in [-0.3, -0.25) is 19.4 Å². The van der Waals surface area contributed by atoms with Crippen molar-refractivity contribution in [2.24, 2.45) is 0 Å². The van der Waals surface area contributed by atoms with Gasteiger partial charge < -0.3 is 15.1 Å². The van der Waals surface area contributed by atoms with Crippen molar-refractivity contribution in [3.63, 3.8) is 0 Å². The summed E-state index contributed by atoms with van der Waals surface area (Å²) in [7, 11) is 0. The minimum Gasteiger partial charge on any atom is -0.351 e. The lowest BCUT2D eigenvalue weighted by atomic mass is 10.2. The molecule has 1 fully saturated rings. The number of unbranched alkanes of at least 4 members (excludes halogenated alkanes) is 1. The summed E-state index contributed by atoms with van der Waals surface area (Å²) in [5.74, 6) is -0.0824. The Balaban J connectivity index is 1.48. The zero-order valence-electron chi connectivity index (χ0n) is 24.0. The Morgan fingerprint density at radius 2 is 1.30 bits per heavy atom. The number of nitrogens with one attached hydrogen (secondary N) is 1. The van der Waals surface area contributed by atoms with Crippen molar-refractivity contribution in [3.8, 4) is 0 Å². The second-order valence-corrected chi connectivity index (χ2v) is 9.61. The molecule has 0 aromatic carbocycles. The van der Waals surface area contributed by atoms with E-state index in [4.69, 9.17) is 0 Å². The fraction of sp³-hybridized carbons (Fsp3) is 0.455. The van der Waals surface area contributed by atoms with Gasteiger partial charge in [-0.1, -0.05) is 67.7 Å². The topological polar surface area (TPSA) is 82.6 Å². The molecule has 2 heterocycles. The third kappa shape index (κ3) is 14.4. The summed E-state index contributed by atoms with van der Waals surface area (Å²) in [6.07, 6.45) is 32.4. The van der Waals surface area contributed by atoms with E-state index in [0.717, 1.165) is 44.9 Å². The first kappa shape index (κ1) is 32.5. The molecular formula is C33H46N4O3. The number of carbonyl (C=O) groups excluding carboxylic acids is 3. The van der Waals surface area contributed by atoms with Crippen LogP contribution in [0.3, 0.4) is 0 Å². The Kier molecular flexibility index (Phi) is 17.2. The van der Waals surface area contributed by atoms with E-state index in [1.807, 2.05) is 4.90 Å². The largest absolute Gasteiger partial charge is 0.351 e. The monoisotopic (exact) mass is 546 g/mol. The molecule has 1 aliphatic rings. The van der Waals surface area contributed by atoms with Gasteiger partial charge in [-0.15, -0.1) is 0 Å². The lowest BCUT2D eigenvalue weighted by Crippen LogP contribution is -2.51. The minimum absolute atomic E-state index is 0.00280. The molecule has 0 radical (unpaired) electrons. The van der Waals surface area contributed by atoms with Gasteiger partial charge in [-0.05, 0) is 57.1 Å². The van der Waals surface area contributed by atoms with Crippen LogP contribution in [-0.2, 0) is 9.59 Å². The first-order chi connectivity index (χ1) is 19.6. The molecule has 1 aliphatic heterocycles. The van der Waals surface area contributed by atoms with Crippen molar-refractivity contribution >= 4 is 17.7 Å². The highest BCUT2D eigenvalue weighted by Crippen LogP contribution is 2.08. The minimum atomic E-state index is -0.235. The highest BCUT2D eigenvalue weighted by molar-refractivity contribution is 5.94. The Morgan fingerprint density at radius 1 is 0.775 bits per heavy atom. The lowest BCUT2D eigenvalue weighted by molar-refractivity contribution is -0.139. The van der Waals surface area contributed by atoms with E-state index < -0.39 is 0 Å². The Bertz CT molecular complexity index is 1020. The second kappa shape index (κ2) is 21.1. The molecule has 1 saturated heterocycles. The molecule has 1 aromatic rings. The maximum Gasteiger partial charge on any atom is 0.252 e. The summed E-state index contributed by atoms with van der Waals surface area (Å²) in [5, 5.41) is 2.75. The molecule has 216 valence electrons. The van der Waals surface area contributed by atoms with E-state index in [1.54, 1.807) is 23.2 Å². The molecule has 1 N–H and O–H groups in total. The van der Waals surface area contributed by atoms with Gasteiger partial charge in [-0.25, -0.2) is 0 Å². The number of hydrogen-bond acceptors (Lipinski definition) is 4. The normalized spacial score (nSPS) is 14.4. The number of nitrogens with zero attached hydrogens (tertiary/aromatic N) is 3. The Hall–Kier alpha value is -3.74. The smallest absolute Gasteiger partial charge is 0.252 e. The predicted octanol–water partition coefficient (Wildman–Crippen LogP) is 5.79. The van der Waals surface area contributed by atoms with Gasteiger partial charge in [0.05, 0.1) is 5.56 Å². The average Bonchev–Trinajstić information content (AvgIpc) is 2.99. The van der Waals surface area contributed by atoms with Crippen LogP contribution < -0.4 is 5.32 Å². The number of allylic oxidation sites excluding steroid dienone is 10. The number of carbonyl (C=O) groups is 3. The summed E-state index contributed by atoms with van der Waals surface area (Å²) in [4.78, 5) is 44.6. The fourth-order valence-electron chi connectivity index (χ4n) is 4.14. The first-order valence-electron chi connectivity index (χ1n) is 14.6. The van der Waals surface area contributed by atoms with Crippen molar-refractivity contribution in [2.75, 3.05) is 32.7 Å². The van der Waals surface area contributed by atoms with Crippen LogP contribution in [0.4, 0.5) is 0 Å². The summed E-state index contributed by atoms with van der Waals surface area (Å²) in [6, 6.07) is 3.38. The van der Waals surface area contributed by atoms with Crippen LogP contribution >= 0.6 is 0 Å². The van der Waals surface area contributed by atoms with E-state index in [-0.39, 0.29) is 30.7 Å². The molecule has 0 atom stereocenters. The van der Waals surface area contributed by atoms with Crippen LogP contribution in [0.1, 0.15) is 75.1 Å². The summed E-state index contributed by atoms with van der Waals surface area (Å²) < 4.78 is 0. The SMILES string of the molecule is CC/C=C\C/C=C\C/C=C\C/C=C\C/C=C\CCCC(=O)N1CCN(C(=O)CCNC(=O)c2cccnc2)CC1. The average molecular weight is 547 g/mol. The highest BCUT2D eigenvalue weighted by Gasteiger charge is 2.23. The standard InChI is InChI=1S/C33H46N4O3/c1-2-3-4-5-6-7-8-9-10-11-12-13-14-15-16-17-18-21-31(38)36-25-27-37(28-26-36)32(39)22-24-35-33(40)30-20-19-23-34-29-30/h3-4,6-7,9-10,12-13,15-16,19-20,23,29H,2,5,8,11,14,17-18,21-22,24-28H2,1H3,(H,35,40)/b4-3-,7-6-,10-9-,13-12-,16-15-. The molecule has 40 heavy (non-hydrogen) atoms. The molecule has 3 amide bonds. The zero-order valence-corrected chi connectivity index (χ0v) is 24.0. The zero-order chi connectivity index (χ0) is 28.7. The number of hydrogen-bond donors (Lipinski definition) is 1. The van der Waals surface area contributed by atoms with Gasteiger partial charge >= 0.3 is 0 Å². The van der Waals surface area contributed by atoms with Crippen LogP contribution in [0.5, 0.6) is 0 Å². The van der Waals surface area contributed by atoms with E-state index in [2.05, 4.69) is 78.0 Å². The van der Waals surface area contributed by atoms with Gasteiger partial charge in [-0.2, -0.15) is 0 Å². The van der Waals surface area contributed by atoms with E-state index in [9.17, 15) is 14.4 Å². The number of aromatic nitrogens is 1. The molecule has 0 spiro atoms. The predicted molar refractivity (Wildman–Crippen MR) is 163 cm³/mol. The van der Waals surface area contributed by atoms with Gasteiger partial charge in [0.2, 0.25) is 11.8 Å². The molecule has 0 bridgehead atoms. The van der Waals surface area contributed by atoms with Crippen LogP contribution in [0, 0.1) is 0 Å². The summed E-state index contributed by atoms with van der Waals surface area (Å²) >= 11 is 0. The molecule has 0 aliphatic carbocycles. The van der Waals surface area contributed by atoms with Crippen molar-refractivity contribution in [1.29, 1.82) is 0 Å². The fourth-order valence-corrected chi connectivity index (χ4v) is 4.14. The molecular weight excluding hydrogens is 500 g/mol. The molecule has 7 nitrogen and oxygen atoms in total. The van der Waals surface area contributed by atoms with Crippen LogP contribution in [0.15, 0.2) is 85.3 Å². The number of amides is 3. The first-order valence-corrected chi connectivity index (χ1v) is 14.6. The molecule has 7 heteroatoms. The van der Waals surface area contributed by atoms with E-state index >= 15 is 0 Å². The molecule has 0 saturated carbocycles. The third-order valence-corrected chi connectivity index (χ3v) is 6.45. The summed E-state index contributed by atoms with van der Waals surface area (Å²) in [6.45, 7) is 4.63. The van der Waals surface area contributed by atoms with Gasteiger partial charge in [0, 0.05) is 58.0 Å². The van der Waals surface area contributed by atoms with Gasteiger partial charge in [0.15, 0.2) is 0 Å². The lowest BCUT2D eigenvalue weighted by Gasteiger charge is -2.35. The quantitative estimate of drug-likeness (QED) is 0.198. The Morgan fingerprint density at radius 3 is 1.82 bits per heavy atom. The molecule has 0 unspecified atom stereocenters. The number of rotatable bonds is 17. The van der Waals surface area contributed by atoms with E-state index in [1.165, 1.54) is 6.20 Å². The number of pyridine rings is 1. The Labute approximate surface area is 240 Å². The second-order valence-electron chi connectivity index (χ2n) is 9.61.